The molecule has 8 heteroatoms. The topological polar surface area (TPSA) is 101 Å². The normalized spacial score (nSPS) is 11.1. The van der Waals surface area contributed by atoms with Crippen molar-refractivity contribution < 1.29 is 17.6 Å². The van der Waals surface area contributed by atoms with Crippen LogP contribution < -0.4 is 10.6 Å². The lowest BCUT2D eigenvalue weighted by atomic mass is 10.2. The molecule has 3 aromatic rings. The molecule has 0 atom stereocenters. The number of anilines is 1. The van der Waals surface area contributed by atoms with Crippen LogP contribution in [-0.2, 0) is 22.1 Å². The predicted octanol–water partition coefficient (Wildman–Crippen LogP) is 2.97. The van der Waals surface area contributed by atoms with Crippen molar-refractivity contribution >= 4 is 21.6 Å². The number of aromatic nitrogens is 1. The van der Waals surface area contributed by atoms with Crippen LogP contribution in [0.3, 0.4) is 0 Å². The van der Waals surface area contributed by atoms with E-state index in [4.69, 9.17) is 4.42 Å². The zero-order valence-corrected chi connectivity index (χ0v) is 14.6. The van der Waals surface area contributed by atoms with Crippen molar-refractivity contribution in [1.82, 2.24) is 10.3 Å². The first kappa shape index (κ1) is 17.7. The van der Waals surface area contributed by atoms with Crippen molar-refractivity contribution in [3.8, 4) is 0 Å². The van der Waals surface area contributed by atoms with E-state index in [-0.39, 0.29) is 17.2 Å². The van der Waals surface area contributed by atoms with E-state index in [1.54, 1.807) is 54.6 Å². The fraction of sp³-hybridized carbons (Fsp3) is 0.111. The highest BCUT2D eigenvalue weighted by atomic mass is 32.2. The molecule has 26 heavy (non-hydrogen) atoms. The van der Waals surface area contributed by atoms with Crippen LogP contribution in [0.15, 0.2) is 76.5 Å². The Kier molecular flexibility index (Phi) is 5.33. The Bertz CT molecular complexity index is 953. The highest BCUT2D eigenvalue weighted by molar-refractivity contribution is 7.90. The molecule has 2 amide bonds. The van der Waals surface area contributed by atoms with Gasteiger partial charge in [-0.25, -0.2) is 18.2 Å². The molecule has 0 aliphatic heterocycles. The Labute approximate surface area is 151 Å². The van der Waals surface area contributed by atoms with Crippen molar-refractivity contribution in [2.24, 2.45) is 0 Å². The van der Waals surface area contributed by atoms with Crippen LogP contribution >= 0.6 is 0 Å². The standard InChI is InChI=1S/C18H17N3O4S/c22-18(20-11-16-10-19-13-25-16)21-15-8-6-14(7-9-15)12-26(23,24)17-4-2-1-3-5-17/h1-10,13H,11-12H2,(H2,20,21,22). The summed E-state index contributed by atoms with van der Waals surface area (Å²) in [5, 5.41) is 5.29. The average molecular weight is 371 g/mol. The Morgan fingerprint density at radius 2 is 1.77 bits per heavy atom. The van der Waals surface area contributed by atoms with Crippen molar-refractivity contribution in [2.45, 2.75) is 17.2 Å². The number of hydrogen-bond acceptors (Lipinski definition) is 5. The molecular formula is C18H17N3O4S. The summed E-state index contributed by atoms with van der Waals surface area (Å²) in [7, 11) is -3.40. The summed E-state index contributed by atoms with van der Waals surface area (Å²) in [6.45, 7) is 0.221. The first-order valence-electron chi connectivity index (χ1n) is 7.82. The van der Waals surface area contributed by atoms with E-state index in [0.29, 0.717) is 17.0 Å². The van der Waals surface area contributed by atoms with Crippen molar-refractivity contribution in [3.05, 3.63) is 78.5 Å². The van der Waals surface area contributed by atoms with Crippen molar-refractivity contribution in [3.63, 3.8) is 0 Å². The molecule has 2 aromatic carbocycles. The number of rotatable bonds is 6. The molecule has 0 aliphatic rings. The average Bonchev–Trinajstić information content (AvgIpc) is 3.16. The molecule has 1 heterocycles. The minimum Gasteiger partial charge on any atom is -0.447 e. The number of carbonyl (C=O) groups excluding carboxylic acids is 1. The maximum atomic E-state index is 12.4. The number of oxazole rings is 1. The first-order chi connectivity index (χ1) is 12.5. The Morgan fingerprint density at radius 3 is 2.42 bits per heavy atom. The van der Waals surface area contributed by atoms with Gasteiger partial charge in [-0.3, -0.25) is 0 Å². The van der Waals surface area contributed by atoms with Gasteiger partial charge in [0, 0.05) is 5.69 Å². The Hall–Kier alpha value is -3.13. The van der Waals surface area contributed by atoms with Gasteiger partial charge in [0.2, 0.25) is 0 Å². The zero-order chi connectivity index (χ0) is 18.4. The van der Waals surface area contributed by atoms with E-state index in [9.17, 15) is 13.2 Å². The van der Waals surface area contributed by atoms with Gasteiger partial charge in [-0.05, 0) is 29.8 Å². The third-order valence-corrected chi connectivity index (χ3v) is 5.28. The van der Waals surface area contributed by atoms with E-state index < -0.39 is 15.9 Å². The second-order valence-corrected chi connectivity index (χ2v) is 7.53. The fourth-order valence-electron chi connectivity index (χ4n) is 2.29. The van der Waals surface area contributed by atoms with Crippen LogP contribution in [0.25, 0.3) is 0 Å². The third-order valence-electron chi connectivity index (χ3n) is 3.58. The minimum atomic E-state index is -3.40. The minimum absolute atomic E-state index is 0.102. The van der Waals surface area contributed by atoms with Gasteiger partial charge in [0.25, 0.3) is 0 Å². The summed E-state index contributed by atoms with van der Waals surface area (Å²) >= 11 is 0. The summed E-state index contributed by atoms with van der Waals surface area (Å²) in [4.78, 5) is 15.9. The lowest BCUT2D eigenvalue weighted by molar-refractivity contribution is 0.251. The van der Waals surface area contributed by atoms with Gasteiger partial charge in [0.15, 0.2) is 16.2 Å². The predicted molar refractivity (Wildman–Crippen MR) is 96.1 cm³/mol. The number of urea groups is 1. The van der Waals surface area contributed by atoms with Gasteiger partial charge in [0.1, 0.15) is 5.76 Å². The number of carbonyl (C=O) groups is 1. The largest absolute Gasteiger partial charge is 0.447 e. The monoisotopic (exact) mass is 371 g/mol. The van der Waals surface area contributed by atoms with Crippen LogP contribution in [0, 0.1) is 0 Å². The Balaban J connectivity index is 1.57. The molecular weight excluding hydrogens is 354 g/mol. The van der Waals surface area contributed by atoms with Crippen molar-refractivity contribution in [1.29, 1.82) is 0 Å². The van der Waals surface area contributed by atoms with E-state index in [0.717, 1.165) is 0 Å². The molecule has 0 saturated carbocycles. The molecule has 0 radical (unpaired) electrons. The highest BCUT2D eigenvalue weighted by Gasteiger charge is 2.14. The molecule has 2 N–H and O–H groups in total. The lowest BCUT2D eigenvalue weighted by Gasteiger charge is -2.08. The maximum Gasteiger partial charge on any atom is 0.319 e. The Morgan fingerprint density at radius 1 is 1.04 bits per heavy atom. The third kappa shape index (κ3) is 4.70. The summed E-state index contributed by atoms with van der Waals surface area (Å²) in [6.07, 6.45) is 2.80. The fourth-order valence-corrected chi connectivity index (χ4v) is 3.66. The van der Waals surface area contributed by atoms with Gasteiger partial charge in [-0.1, -0.05) is 30.3 Å². The quantitative estimate of drug-likeness (QED) is 0.694. The number of benzene rings is 2. The van der Waals surface area contributed by atoms with E-state index in [2.05, 4.69) is 15.6 Å². The van der Waals surface area contributed by atoms with Gasteiger partial charge < -0.3 is 15.1 Å². The van der Waals surface area contributed by atoms with Crippen LogP contribution in [0.1, 0.15) is 11.3 Å². The number of hydrogen-bond donors (Lipinski definition) is 2. The van der Waals surface area contributed by atoms with E-state index in [1.165, 1.54) is 12.6 Å². The molecule has 0 bridgehead atoms. The summed E-state index contributed by atoms with van der Waals surface area (Å²) in [6, 6.07) is 14.6. The molecule has 0 spiro atoms. The second kappa shape index (κ2) is 7.83. The molecule has 0 unspecified atom stereocenters. The van der Waals surface area contributed by atoms with E-state index in [1.807, 2.05) is 0 Å². The zero-order valence-electron chi connectivity index (χ0n) is 13.8. The molecule has 3 rings (SSSR count). The molecule has 0 aliphatic carbocycles. The van der Waals surface area contributed by atoms with Crippen LogP contribution in [-0.4, -0.2) is 19.4 Å². The van der Waals surface area contributed by atoms with Crippen molar-refractivity contribution in [2.75, 3.05) is 5.32 Å². The molecule has 7 nitrogen and oxygen atoms in total. The van der Waals surface area contributed by atoms with Gasteiger partial charge in [-0.15, -0.1) is 0 Å². The smallest absolute Gasteiger partial charge is 0.319 e. The maximum absolute atomic E-state index is 12.4. The summed E-state index contributed by atoms with van der Waals surface area (Å²) < 4.78 is 29.8. The second-order valence-electron chi connectivity index (χ2n) is 5.54. The van der Waals surface area contributed by atoms with Gasteiger partial charge >= 0.3 is 6.03 Å². The summed E-state index contributed by atoms with van der Waals surface area (Å²) in [5.74, 6) is 0.441. The molecule has 0 fully saturated rings. The first-order valence-corrected chi connectivity index (χ1v) is 9.47. The van der Waals surface area contributed by atoms with Crippen LogP contribution in [0.5, 0.6) is 0 Å². The van der Waals surface area contributed by atoms with Crippen LogP contribution in [0.2, 0.25) is 0 Å². The number of amides is 2. The van der Waals surface area contributed by atoms with Gasteiger partial charge in [0.05, 0.1) is 23.4 Å². The lowest BCUT2D eigenvalue weighted by Crippen LogP contribution is -2.27. The summed E-state index contributed by atoms with van der Waals surface area (Å²) in [5.41, 5.74) is 1.20. The van der Waals surface area contributed by atoms with E-state index >= 15 is 0 Å². The van der Waals surface area contributed by atoms with Crippen LogP contribution in [0.4, 0.5) is 10.5 Å². The molecule has 134 valence electrons. The highest BCUT2D eigenvalue weighted by Crippen LogP contribution is 2.17. The molecule has 0 saturated heterocycles. The number of nitrogens with zero attached hydrogens (tertiary/aromatic N) is 1. The number of nitrogens with one attached hydrogen (secondary N) is 2. The number of sulfone groups is 1. The van der Waals surface area contributed by atoms with Gasteiger partial charge in [-0.2, -0.15) is 0 Å². The SMILES string of the molecule is O=C(NCc1cnco1)Nc1ccc(CS(=O)(=O)c2ccccc2)cc1. The molecule has 1 aromatic heterocycles.